The highest BCUT2D eigenvalue weighted by atomic mass is 16.4. The van der Waals surface area contributed by atoms with E-state index >= 15 is 0 Å². The third-order valence-corrected chi connectivity index (χ3v) is 4.19. The topological polar surface area (TPSA) is 33.5 Å². The van der Waals surface area contributed by atoms with Crippen LogP contribution < -0.4 is 10.5 Å². The van der Waals surface area contributed by atoms with Crippen molar-refractivity contribution in [2.24, 2.45) is 0 Å². The molecule has 0 N–H and O–H groups in total. The van der Waals surface area contributed by atoms with Gasteiger partial charge in [-0.2, -0.15) is 0 Å². The molecule has 104 valence electrons. The van der Waals surface area contributed by atoms with Gasteiger partial charge in [0.2, 0.25) is 0 Å². The summed E-state index contributed by atoms with van der Waals surface area (Å²) in [6, 6.07) is 14.1. The largest absolute Gasteiger partial charge is 0.428 e. The van der Waals surface area contributed by atoms with Gasteiger partial charge in [-0.1, -0.05) is 37.3 Å². The molecule has 20 heavy (non-hydrogen) atoms. The van der Waals surface area contributed by atoms with E-state index in [-0.39, 0.29) is 11.0 Å². The van der Waals surface area contributed by atoms with Crippen molar-refractivity contribution in [1.82, 2.24) is 0 Å². The lowest BCUT2D eigenvalue weighted by molar-refractivity contribution is 0.479. The van der Waals surface area contributed by atoms with Crippen molar-refractivity contribution >= 4 is 5.69 Å². The summed E-state index contributed by atoms with van der Waals surface area (Å²) in [5.74, 6) is 0.667. The van der Waals surface area contributed by atoms with Gasteiger partial charge < -0.3 is 9.32 Å². The number of benzene rings is 1. The molecule has 1 fully saturated rings. The Labute approximate surface area is 118 Å². The maximum absolute atomic E-state index is 11.5. The maximum atomic E-state index is 11.5. The fraction of sp³-hybridized carbons (Fsp3) is 0.353. The van der Waals surface area contributed by atoms with Crippen molar-refractivity contribution in [3.63, 3.8) is 0 Å². The Hall–Kier alpha value is -2.03. The number of aryl methyl sites for hydroxylation is 1. The molecular formula is C17H19NO2. The van der Waals surface area contributed by atoms with E-state index in [2.05, 4.69) is 36.1 Å². The first-order valence-electron chi connectivity index (χ1n) is 6.99. The standard InChI is InChI=1S/C17H19NO2/c1-13-10-15(11-16(19)20-13)18-9-8-17(2,12-18)14-6-4-3-5-7-14/h3-7,10-11H,8-9,12H2,1-2H3. The van der Waals surface area contributed by atoms with Crippen LogP contribution in [0.2, 0.25) is 0 Å². The fourth-order valence-corrected chi connectivity index (χ4v) is 3.03. The summed E-state index contributed by atoms with van der Waals surface area (Å²) in [5.41, 5.74) is 2.21. The number of hydrogen-bond acceptors (Lipinski definition) is 3. The van der Waals surface area contributed by atoms with Crippen LogP contribution in [0.4, 0.5) is 5.69 Å². The van der Waals surface area contributed by atoms with E-state index in [1.165, 1.54) is 5.56 Å². The minimum Gasteiger partial charge on any atom is -0.428 e. The van der Waals surface area contributed by atoms with E-state index in [0.717, 1.165) is 25.2 Å². The predicted octanol–water partition coefficient (Wildman–Crippen LogP) is 3.12. The van der Waals surface area contributed by atoms with Gasteiger partial charge in [0.25, 0.3) is 0 Å². The van der Waals surface area contributed by atoms with Crippen LogP contribution in [0.5, 0.6) is 0 Å². The SMILES string of the molecule is Cc1cc(N2CCC(C)(c3ccccc3)C2)cc(=O)o1. The van der Waals surface area contributed by atoms with Crippen molar-refractivity contribution in [2.45, 2.75) is 25.7 Å². The summed E-state index contributed by atoms with van der Waals surface area (Å²) >= 11 is 0. The van der Waals surface area contributed by atoms with Crippen LogP contribution in [0.1, 0.15) is 24.7 Å². The van der Waals surface area contributed by atoms with Gasteiger partial charge in [0.15, 0.2) is 0 Å². The van der Waals surface area contributed by atoms with E-state index in [0.29, 0.717) is 5.76 Å². The molecule has 3 heteroatoms. The molecule has 0 saturated carbocycles. The molecule has 0 spiro atoms. The zero-order chi connectivity index (χ0) is 14.2. The van der Waals surface area contributed by atoms with Gasteiger partial charge in [-0.25, -0.2) is 4.79 Å². The zero-order valence-corrected chi connectivity index (χ0v) is 11.9. The van der Waals surface area contributed by atoms with Gasteiger partial charge in [-0.15, -0.1) is 0 Å². The van der Waals surface area contributed by atoms with Crippen molar-refractivity contribution in [1.29, 1.82) is 0 Å². The molecule has 0 bridgehead atoms. The molecule has 0 aliphatic carbocycles. The van der Waals surface area contributed by atoms with E-state index < -0.39 is 0 Å². The first-order chi connectivity index (χ1) is 9.57. The van der Waals surface area contributed by atoms with E-state index in [9.17, 15) is 4.79 Å². The molecule has 1 aliphatic rings. The predicted molar refractivity (Wildman–Crippen MR) is 80.3 cm³/mol. The summed E-state index contributed by atoms with van der Waals surface area (Å²) in [6.07, 6.45) is 1.09. The Kier molecular flexibility index (Phi) is 3.13. The molecular weight excluding hydrogens is 250 g/mol. The van der Waals surface area contributed by atoms with Crippen molar-refractivity contribution < 1.29 is 4.42 Å². The highest BCUT2D eigenvalue weighted by Crippen LogP contribution is 2.36. The highest BCUT2D eigenvalue weighted by Gasteiger charge is 2.35. The van der Waals surface area contributed by atoms with Crippen molar-refractivity contribution in [3.8, 4) is 0 Å². The second-order valence-corrected chi connectivity index (χ2v) is 5.84. The Balaban J connectivity index is 1.88. The summed E-state index contributed by atoms with van der Waals surface area (Å²) in [6.45, 7) is 6.01. The monoisotopic (exact) mass is 269 g/mol. The molecule has 1 aromatic carbocycles. The molecule has 0 amide bonds. The van der Waals surface area contributed by atoms with Crippen LogP contribution in [0.15, 0.2) is 51.7 Å². The first kappa shape index (κ1) is 13.0. The van der Waals surface area contributed by atoms with Crippen molar-refractivity contribution in [3.05, 3.63) is 64.2 Å². The minimum atomic E-state index is -0.270. The quantitative estimate of drug-likeness (QED) is 0.840. The molecule has 1 saturated heterocycles. The van der Waals surface area contributed by atoms with Gasteiger partial charge >= 0.3 is 5.63 Å². The van der Waals surface area contributed by atoms with Crippen LogP contribution >= 0.6 is 0 Å². The molecule has 1 atom stereocenters. The average Bonchev–Trinajstić information content (AvgIpc) is 2.83. The van der Waals surface area contributed by atoms with E-state index in [4.69, 9.17) is 4.42 Å². The molecule has 2 aromatic rings. The van der Waals surface area contributed by atoms with Gasteiger partial charge in [-0.05, 0) is 25.0 Å². The average molecular weight is 269 g/mol. The fourth-order valence-electron chi connectivity index (χ4n) is 3.03. The molecule has 3 rings (SSSR count). The third kappa shape index (κ3) is 2.36. The lowest BCUT2D eigenvalue weighted by Gasteiger charge is -2.26. The van der Waals surface area contributed by atoms with Crippen molar-refractivity contribution in [2.75, 3.05) is 18.0 Å². The highest BCUT2D eigenvalue weighted by molar-refractivity contribution is 5.49. The van der Waals surface area contributed by atoms with Crippen LogP contribution in [-0.4, -0.2) is 13.1 Å². The number of nitrogens with zero attached hydrogens (tertiary/aromatic N) is 1. The van der Waals surface area contributed by atoms with Gasteiger partial charge in [0, 0.05) is 30.3 Å². The second kappa shape index (κ2) is 4.82. The minimum absolute atomic E-state index is 0.144. The molecule has 0 radical (unpaired) electrons. The maximum Gasteiger partial charge on any atom is 0.337 e. The van der Waals surface area contributed by atoms with Gasteiger partial charge in [0.1, 0.15) is 5.76 Å². The Bertz CT molecular complexity index is 662. The van der Waals surface area contributed by atoms with Crippen LogP contribution in [0.25, 0.3) is 0 Å². The molecule has 2 heterocycles. The first-order valence-corrected chi connectivity index (χ1v) is 6.99. The normalized spacial score (nSPS) is 22.2. The molecule has 1 aromatic heterocycles. The molecule has 3 nitrogen and oxygen atoms in total. The van der Waals surface area contributed by atoms with Crippen LogP contribution in [0, 0.1) is 6.92 Å². The summed E-state index contributed by atoms with van der Waals surface area (Å²) in [7, 11) is 0. The molecule has 1 aliphatic heterocycles. The molecule has 1 unspecified atom stereocenters. The summed E-state index contributed by atoms with van der Waals surface area (Å²) in [4.78, 5) is 13.8. The zero-order valence-electron chi connectivity index (χ0n) is 11.9. The lowest BCUT2D eigenvalue weighted by atomic mass is 9.82. The van der Waals surface area contributed by atoms with Crippen LogP contribution in [-0.2, 0) is 5.41 Å². The van der Waals surface area contributed by atoms with Gasteiger partial charge in [-0.3, -0.25) is 0 Å². The number of anilines is 1. The van der Waals surface area contributed by atoms with E-state index in [1.807, 2.05) is 19.1 Å². The Morgan fingerprint density at radius 3 is 2.65 bits per heavy atom. The Morgan fingerprint density at radius 2 is 1.95 bits per heavy atom. The third-order valence-electron chi connectivity index (χ3n) is 4.19. The summed E-state index contributed by atoms with van der Waals surface area (Å²) in [5, 5.41) is 0. The van der Waals surface area contributed by atoms with Crippen LogP contribution in [0.3, 0.4) is 0 Å². The smallest absolute Gasteiger partial charge is 0.337 e. The number of rotatable bonds is 2. The second-order valence-electron chi connectivity index (χ2n) is 5.84. The number of hydrogen-bond donors (Lipinski definition) is 0. The Morgan fingerprint density at radius 1 is 1.20 bits per heavy atom. The summed E-state index contributed by atoms with van der Waals surface area (Å²) < 4.78 is 5.03. The lowest BCUT2D eigenvalue weighted by Crippen LogP contribution is -2.28. The van der Waals surface area contributed by atoms with Gasteiger partial charge in [0.05, 0.1) is 0 Å². The van der Waals surface area contributed by atoms with E-state index in [1.54, 1.807) is 6.07 Å².